The van der Waals surface area contributed by atoms with Gasteiger partial charge in [0.2, 0.25) is 5.91 Å². The Labute approximate surface area is 122 Å². The molecule has 112 valence electrons. The van der Waals surface area contributed by atoms with Crippen LogP contribution in [0.5, 0.6) is 0 Å². The van der Waals surface area contributed by atoms with E-state index in [1.807, 2.05) is 0 Å². The lowest BCUT2D eigenvalue weighted by atomic mass is 10.1. The molecule has 2 amide bonds. The molecule has 1 aliphatic rings. The maximum Gasteiger partial charge on any atom is 0.253 e. The van der Waals surface area contributed by atoms with Gasteiger partial charge in [-0.2, -0.15) is 0 Å². The minimum atomic E-state index is -0.0890. The van der Waals surface area contributed by atoms with E-state index in [0.717, 1.165) is 6.42 Å². The van der Waals surface area contributed by atoms with Gasteiger partial charge in [0.25, 0.3) is 5.91 Å². The van der Waals surface area contributed by atoms with Gasteiger partial charge in [-0.15, -0.1) is 0 Å². The van der Waals surface area contributed by atoms with E-state index >= 15 is 0 Å². The van der Waals surface area contributed by atoms with Crippen LogP contribution in [-0.2, 0) is 4.79 Å². The standard InChI is InChI=1S/C14H18N4O3/c1-9(19)16-12-6-7-18(8-12)14(20)11-4-2-10(3-5-11)13(15)17-21/h2-5,12,21H,6-8H2,1H3,(H2,15,17)(H,16,19). The summed E-state index contributed by atoms with van der Waals surface area (Å²) in [5, 5.41) is 14.3. The van der Waals surface area contributed by atoms with Gasteiger partial charge < -0.3 is 21.2 Å². The molecule has 7 heteroatoms. The maximum atomic E-state index is 12.3. The molecular weight excluding hydrogens is 272 g/mol. The zero-order valence-electron chi connectivity index (χ0n) is 11.7. The van der Waals surface area contributed by atoms with Gasteiger partial charge in [0, 0.05) is 37.2 Å². The fourth-order valence-corrected chi connectivity index (χ4v) is 2.37. The molecule has 0 saturated carbocycles. The van der Waals surface area contributed by atoms with Crippen molar-refractivity contribution in [1.82, 2.24) is 10.2 Å². The normalized spacial score (nSPS) is 18.6. The summed E-state index contributed by atoms with van der Waals surface area (Å²) >= 11 is 0. The fourth-order valence-electron chi connectivity index (χ4n) is 2.37. The molecule has 1 heterocycles. The summed E-state index contributed by atoms with van der Waals surface area (Å²) in [7, 11) is 0. The fraction of sp³-hybridized carbons (Fsp3) is 0.357. The van der Waals surface area contributed by atoms with Crippen LogP contribution in [0, 0.1) is 0 Å². The number of likely N-dealkylation sites (tertiary alicyclic amines) is 1. The van der Waals surface area contributed by atoms with Crippen LogP contribution in [0.4, 0.5) is 0 Å². The quantitative estimate of drug-likeness (QED) is 0.318. The zero-order chi connectivity index (χ0) is 15.4. The second-order valence-corrected chi connectivity index (χ2v) is 5.00. The molecule has 1 saturated heterocycles. The minimum Gasteiger partial charge on any atom is -0.409 e. The molecule has 0 bridgehead atoms. The minimum absolute atomic E-state index is 0.000828. The molecule has 0 radical (unpaired) electrons. The molecule has 7 nitrogen and oxygen atoms in total. The average molecular weight is 290 g/mol. The largest absolute Gasteiger partial charge is 0.409 e. The van der Waals surface area contributed by atoms with Crippen LogP contribution in [-0.4, -0.2) is 46.9 Å². The highest BCUT2D eigenvalue weighted by Gasteiger charge is 2.27. The predicted molar refractivity (Wildman–Crippen MR) is 77.1 cm³/mol. The van der Waals surface area contributed by atoms with Crippen molar-refractivity contribution in [2.24, 2.45) is 10.9 Å². The highest BCUT2D eigenvalue weighted by Crippen LogP contribution is 2.14. The number of oxime groups is 1. The van der Waals surface area contributed by atoms with Gasteiger partial charge in [0.15, 0.2) is 5.84 Å². The topological polar surface area (TPSA) is 108 Å². The predicted octanol–water partition coefficient (Wildman–Crippen LogP) is 0.132. The molecular formula is C14H18N4O3. The van der Waals surface area contributed by atoms with Crippen LogP contribution in [0.3, 0.4) is 0 Å². The van der Waals surface area contributed by atoms with Crippen LogP contribution < -0.4 is 11.1 Å². The number of carbonyl (C=O) groups excluding carboxylic acids is 2. The molecule has 1 unspecified atom stereocenters. The van der Waals surface area contributed by atoms with Gasteiger partial charge in [-0.25, -0.2) is 0 Å². The number of rotatable bonds is 3. The summed E-state index contributed by atoms with van der Waals surface area (Å²) in [4.78, 5) is 25.1. The van der Waals surface area contributed by atoms with Gasteiger partial charge in [-0.1, -0.05) is 17.3 Å². The summed E-state index contributed by atoms with van der Waals surface area (Å²) < 4.78 is 0. The van der Waals surface area contributed by atoms with E-state index in [4.69, 9.17) is 10.9 Å². The van der Waals surface area contributed by atoms with E-state index in [-0.39, 0.29) is 23.7 Å². The van der Waals surface area contributed by atoms with Crippen LogP contribution in [0.15, 0.2) is 29.4 Å². The lowest BCUT2D eigenvalue weighted by molar-refractivity contribution is -0.119. The molecule has 0 aliphatic carbocycles. The number of hydrogen-bond acceptors (Lipinski definition) is 4. The Balaban J connectivity index is 2.02. The van der Waals surface area contributed by atoms with Gasteiger partial charge in [0.05, 0.1) is 0 Å². The number of carbonyl (C=O) groups is 2. The van der Waals surface area contributed by atoms with E-state index in [1.165, 1.54) is 6.92 Å². The third-order valence-corrected chi connectivity index (χ3v) is 3.42. The Morgan fingerprint density at radius 3 is 2.52 bits per heavy atom. The summed E-state index contributed by atoms with van der Waals surface area (Å²) in [6, 6.07) is 6.55. The molecule has 1 aliphatic heterocycles. The SMILES string of the molecule is CC(=O)NC1CCN(C(=O)c2ccc(/C(N)=N/O)cc2)C1. The lowest BCUT2D eigenvalue weighted by Gasteiger charge is -2.17. The summed E-state index contributed by atoms with van der Waals surface area (Å²) in [5.41, 5.74) is 6.55. The van der Waals surface area contributed by atoms with E-state index in [0.29, 0.717) is 24.2 Å². The van der Waals surface area contributed by atoms with E-state index in [9.17, 15) is 9.59 Å². The van der Waals surface area contributed by atoms with Crippen LogP contribution in [0.1, 0.15) is 29.3 Å². The van der Waals surface area contributed by atoms with Crippen molar-refractivity contribution >= 4 is 17.6 Å². The Morgan fingerprint density at radius 2 is 1.95 bits per heavy atom. The molecule has 0 spiro atoms. The first-order valence-electron chi connectivity index (χ1n) is 6.65. The summed E-state index contributed by atoms with van der Waals surface area (Å²) in [5.74, 6) is -0.174. The molecule has 1 fully saturated rings. The van der Waals surface area contributed by atoms with E-state index < -0.39 is 0 Å². The Hall–Kier alpha value is -2.57. The third kappa shape index (κ3) is 3.50. The highest BCUT2D eigenvalue weighted by atomic mass is 16.4. The number of nitrogens with one attached hydrogen (secondary N) is 1. The highest BCUT2D eigenvalue weighted by molar-refractivity contribution is 5.99. The van der Waals surface area contributed by atoms with Crippen molar-refractivity contribution in [3.63, 3.8) is 0 Å². The first-order chi connectivity index (χ1) is 10.0. The monoisotopic (exact) mass is 290 g/mol. The first-order valence-corrected chi connectivity index (χ1v) is 6.65. The number of hydrogen-bond donors (Lipinski definition) is 3. The van der Waals surface area contributed by atoms with Crippen LogP contribution in [0.25, 0.3) is 0 Å². The summed E-state index contributed by atoms with van der Waals surface area (Å²) in [6.45, 7) is 2.60. The Kier molecular flexibility index (Phi) is 4.42. The third-order valence-electron chi connectivity index (χ3n) is 3.42. The van der Waals surface area contributed by atoms with Crippen molar-refractivity contribution in [2.45, 2.75) is 19.4 Å². The van der Waals surface area contributed by atoms with Gasteiger partial charge in [-0.3, -0.25) is 9.59 Å². The van der Waals surface area contributed by atoms with E-state index in [1.54, 1.807) is 29.2 Å². The maximum absolute atomic E-state index is 12.3. The molecule has 21 heavy (non-hydrogen) atoms. The zero-order valence-corrected chi connectivity index (χ0v) is 11.7. The number of amidine groups is 1. The molecule has 1 aromatic rings. The molecule has 0 aromatic heterocycles. The molecule has 4 N–H and O–H groups in total. The first kappa shape index (κ1) is 14.8. The van der Waals surface area contributed by atoms with Gasteiger partial charge >= 0.3 is 0 Å². The number of nitrogens with zero attached hydrogens (tertiary/aromatic N) is 2. The smallest absolute Gasteiger partial charge is 0.253 e. The van der Waals surface area contributed by atoms with Crippen molar-refractivity contribution in [2.75, 3.05) is 13.1 Å². The second kappa shape index (κ2) is 6.25. The Morgan fingerprint density at radius 1 is 1.33 bits per heavy atom. The number of nitrogens with two attached hydrogens (primary N) is 1. The Bertz CT molecular complexity index is 568. The van der Waals surface area contributed by atoms with Crippen LogP contribution in [0.2, 0.25) is 0 Å². The van der Waals surface area contributed by atoms with Crippen molar-refractivity contribution in [1.29, 1.82) is 0 Å². The second-order valence-electron chi connectivity index (χ2n) is 5.00. The molecule has 1 aromatic carbocycles. The van der Waals surface area contributed by atoms with E-state index in [2.05, 4.69) is 10.5 Å². The number of benzene rings is 1. The lowest BCUT2D eigenvalue weighted by Crippen LogP contribution is -2.37. The van der Waals surface area contributed by atoms with Gasteiger partial charge in [-0.05, 0) is 18.6 Å². The average Bonchev–Trinajstić information content (AvgIpc) is 2.93. The number of amides is 2. The molecule has 2 rings (SSSR count). The van der Waals surface area contributed by atoms with Crippen molar-refractivity contribution in [3.05, 3.63) is 35.4 Å². The van der Waals surface area contributed by atoms with Gasteiger partial charge in [0.1, 0.15) is 0 Å². The summed E-state index contributed by atoms with van der Waals surface area (Å²) in [6.07, 6.45) is 0.757. The van der Waals surface area contributed by atoms with Crippen molar-refractivity contribution in [3.8, 4) is 0 Å². The van der Waals surface area contributed by atoms with Crippen LogP contribution >= 0.6 is 0 Å². The molecule has 1 atom stereocenters. The van der Waals surface area contributed by atoms with Crippen molar-refractivity contribution < 1.29 is 14.8 Å².